The monoisotopic (exact) mass is 1040 g/mol. The fraction of sp³-hybridized carbons (Fsp3) is 0.550. The number of epoxide rings is 1. The van der Waals surface area contributed by atoms with Gasteiger partial charge in [0.2, 0.25) is 0 Å². The van der Waals surface area contributed by atoms with Crippen molar-refractivity contribution in [3.8, 4) is 0 Å². The van der Waals surface area contributed by atoms with Crippen molar-refractivity contribution in [1.29, 1.82) is 0 Å². The molecule has 5 saturated carbocycles. The second kappa shape index (κ2) is 46.9. The zero-order chi connectivity index (χ0) is 57.5. The Hall–Kier alpha value is -6.89. The van der Waals surface area contributed by atoms with Crippen LogP contribution in [0.3, 0.4) is 0 Å². The molecule has 15 heteroatoms. The Bertz CT molecular complexity index is 2000. The van der Waals surface area contributed by atoms with Gasteiger partial charge in [0, 0.05) is 5.41 Å². The minimum Gasteiger partial charge on any atom is -0.481 e. The van der Waals surface area contributed by atoms with Gasteiger partial charge < -0.3 is 9.84 Å². The number of hydrogen-bond donors (Lipinski definition) is 1. The number of rotatable bonds is 14. The van der Waals surface area contributed by atoms with Crippen LogP contribution in [0.4, 0.5) is 0 Å². The van der Waals surface area contributed by atoms with E-state index in [9.17, 15) is 4.79 Å². The zero-order valence-electron chi connectivity index (χ0n) is 45.0. The van der Waals surface area contributed by atoms with E-state index in [0.717, 1.165) is 55.0 Å². The molecule has 0 bridgehead atoms. The number of ether oxygens (including phenoxy) is 1. The van der Waals surface area contributed by atoms with E-state index in [-0.39, 0.29) is 42.8 Å². The molecule has 9 atom stereocenters. The van der Waals surface area contributed by atoms with Gasteiger partial charge in [0.05, 0.1) is 18.6 Å². The third-order valence-electron chi connectivity index (χ3n) is 13.2. The lowest BCUT2D eigenvalue weighted by Gasteiger charge is -2.17. The predicted molar refractivity (Wildman–Crippen MR) is 273 cm³/mol. The van der Waals surface area contributed by atoms with Gasteiger partial charge in [0.15, 0.2) is 0 Å². The second-order valence-electron chi connectivity index (χ2n) is 19.1. The van der Waals surface area contributed by atoms with Crippen molar-refractivity contribution in [3.05, 3.63) is 120 Å². The average Bonchev–Trinajstić information content (AvgIpc) is 4.07. The standard InChI is InChI=1S/C16H16.C12H24.C11H12O2.C7H14.C5H8.C3H6O.6CO2/c1-13-12-16(13,14-8-4-2-5-9-14)15-10-6-3-7-11-15;1-3-4-5-6-7-8-9-12-10-11(12)2;12-11(13)10-7-9(10)6-8-4-2-1-3-5-8;1-3-4-7-5-6(7)2;1-4-3-5(4)2;1-3-2-4-3;6*2-1-3/h2-11,13H,12H2,1H3;11-12H,3-10H2,1-2H3;1-5,9-10H,6-7H2,(H,12,13);6-7H,3-5H2,1-2H3;5H,1,3H2,2H3;3H,2H2,1H3;;;;;;/t13-;11-,12?;9?,10-;6-,7?;5-;3-;;;;;;/m000000....../s1. The van der Waals surface area contributed by atoms with Gasteiger partial charge in [-0.3, -0.25) is 4.79 Å². The molecular weight excluding hydrogens is 961 g/mol. The number of aliphatic carboxylic acids is 1. The summed E-state index contributed by atoms with van der Waals surface area (Å²) in [5, 5.41) is 8.70. The highest BCUT2D eigenvalue weighted by molar-refractivity contribution is 5.73. The van der Waals surface area contributed by atoms with E-state index >= 15 is 0 Å². The quantitative estimate of drug-likeness (QED) is 0.0895. The first-order chi connectivity index (χ1) is 36.0. The fourth-order valence-electron chi connectivity index (χ4n) is 8.15. The fourth-order valence-corrected chi connectivity index (χ4v) is 8.15. The average molecular weight is 1040 g/mol. The van der Waals surface area contributed by atoms with Crippen LogP contribution >= 0.6 is 0 Å². The number of hydrogen-bond acceptors (Lipinski definition) is 14. The molecule has 1 heterocycles. The molecule has 0 radical (unpaired) electrons. The van der Waals surface area contributed by atoms with Gasteiger partial charge in [-0.1, -0.05) is 202 Å². The Kier molecular flexibility index (Phi) is 45.2. The van der Waals surface area contributed by atoms with Crippen LogP contribution in [0.2, 0.25) is 0 Å². The molecule has 9 rings (SSSR count). The molecule has 0 spiro atoms. The SMILES string of the molecule is C=C1C[C@@H]1C.CCCC1C[C@@H]1C.CCCCCCCCC1C[C@@H]1C.C[C@H]1CC1(c1ccccc1)c1ccccc1.C[C@H]1CO1.O=C(O)[C@H]1CC1Cc1ccccc1.O=C=O.O=C=O.O=C=O.O=C=O.O=C=O.O=C=O. The molecule has 1 saturated heterocycles. The molecule has 0 amide bonds. The van der Waals surface area contributed by atoms with Gasteiger partial charge in [-0.15, -0.1) is 0 Å². The molecule has 410 valence electrons. The summed E-state index contributed by atoms with van der Waals surface area (Å²) >= 11 is 0. The van der Waals surface area contributed by atoms with Crippen LogP contribution in [0.1, 0.15) is 155 Å². The van der Waals surface area contributed by atoms with Crippen LogP contribution in [0.5, 0.6) is 0 Å². The Morgan fingerprint density at radius 2 is 0.880 bits per heavy atom. The van der Waals surface area contributed by atoms with Crippen molar-refractivity contribution in [2.24, 2.45) is 47.3 Å². The Morgan fingerprint density at radius 3 is 1.13 bits per heavy atom. The summed E-state index contributed by atoms with van der Waals surface area (Å²) < 4.78 is 4.71. The third kappa shape index (κ3) is 40.2. The molecule has 6 fully saturated rings. The highest BCUT2D eigenvalue weighted by atomic mass is 16.6. The highest BCUT2D eigenvalue weighted by Crippen LogP contribution is 2.58. The van der Waals surface area contributed by atoms with E-state index in [1.54, 1.807) is 0 Å². The van der Waals surface area contributed by atoms with Gasteiger partial charge in [-0.05, 0) is 104 Å². The summed E-state index contributed by atoms with van der Waals surface area (Å²) in [6, 6.07) is 31.9. The number of carboxylic acids is 1. The maximum atomic E-state index is 10.6. The van der Waals surface area contributed by atoms with E-state index in [1.165, 1.54) is 106 Å². The molecule has 0 aromatic heterocycles. The summed E-state index contributed by atoms with van der Waals surface area (Å²) in [6.07, 6.45) is 22.6. The minimum absolute atomic E-state index is 0.0831. The Morgan fingerprint density at radius 1 is 0.560 bits per heavy atom. The van der Waals surface area contributed by atoms with Crippen molar-refractivity contribution in [2.45, 2.75) is 156 Å². The van der Waals surface area contributed by atoms with Gasteiger partial charge in [-0.2, -0.15) is 57.5 Å². The van der Waals surface area contributed by atoms with E-state index < -0.39 is 5.97 Å². The van der Waals surface area contributed by atoms with E-state index in [1.807, 2.05) is 18.2 Å². The molecular formula is C60H80O15. The molecule has 15 nitrogen and oxygen atoms in total. The molecule has 6 aliphatic rings. The number of allylic oxidation sites excluding steroid dienone is 1. The normalized spacial score (nSPS) is 22.1. The smallest absolute Gasteiger partial charge is 0.373 e. The second-order valence-corrected chi connectivity index (χ2v) is 19.1. The molecule has 3 unspecified atom stereocenters. The van der Waals surface area contributed by atoms with Crippen molar-refractivity contribution in [1.82, 2.24) is 0 Å². The molecule has 1 aliphatic heterocycles. The number of carboxylic acid groups (broad SMARTS) is 1. The van der Waals surface area contributed by atoms with E-state index in [2.05, 4.69) is 128 Å². The van der Waals surface area contributed by atoms with Crippen LogP contribution in [0, 0.1) is 47.3 Å². The van der Waals surface area contributed by atoms with Crippen LogP contribution in [-0.4, -0.2) is 60.7 Å². The summed E-state index contributed by atoms with van der Waals surface area (Å²) in [5.74, 6) is 5.65. The van der Waals surface area contributed by atoms with E-state index in [4.69, 9.17) is 67.4 Å². The van der Waals surface area contributed by atoms with Gasteiger partial charge in [0.25, 0.3) is 0 Å². The lowest BCUT2D eigenvalue weighted by atomic mass is 9.86. The summed E-state index contributed by atoms with van der Waals surface area (Å²) in [5.41, 5.74) is 5.89. The van der Waals surface area contributed by atoms with Crippen LogP contribution < -0.4 is 0 Å². The topological polar surface area (TPSA) is 255 Å². The first kappa shape index (κ1) is 72.4. The lowest BCUT2D eigenvalue weighted by molar-refractivity contribution is -0.193. The first-order valence-electron chi connectivity index (χ1n) is 25.6. The predicted octanol–water partition coefficient (Wildman–Crippen LogP) is 11.3. The third-order valence-corrected chi connectivity index (χ3v) is 13.2. The molecule has 1 N–H and O–H groups in total. The van der Waals surface area contributed by atoms with Crippen LogP contribution in [-0.2, 0) is 78.9 Å². The van der Waals surface area contributed by atoms with Crippen molar-refractivity contribution in [2.75, 3.05) is 6.61 Å². The highest BCUT2D eigenvalue weighted by Gasteiger charge is 2.53. The number of benzene rings is 3. The number of carbonyl (C=O) groups excluding carboxylic acids is 12. The lowest BCUT2D eigenvalue weighted by Crippen LogP contribution is -2.10. The molecule has 75 heavy (non-hydrogen) atoms. The minimum atomic E-state index is -0.638. The van der Waals surface area contributed by atoms with Gasteiger partial charge >= 0.3 is 42.9 Å². The maximum absolute atomic E-state index is 10.6. The maximum Gasteiger partial charge on any atom is 0.373 e. The summed E-state index contributed by atoms with van der Waals surface area (Å²) in [4.78, 5) is 108. The largest absolute Gasteiger partial charge is 0.481 e. The van der Waals surface area contributed by atoms with Crippen molar-refractivity contribution < 1.29 is 72.2 Å². The Balaban J connectivity index is -0.000000805. The molecule has 3 aromatic rings. The summed E-state index contributed by atoms with van der Waals surface area (Å²) in [7, 11) is 0. The first-order valence-corrected chi connectivity index (χ1v) is 25.6. The van der Waals surface area contributed by atoms with Gasteiger partial charge in [0.1, 0.15) is 0 Å². The van der Waals surface area contributed by atoms with Crippen molar-refractivity contribution in [3.63, 3.8) is 0 Å². The van der Waals surface area contributed by atoms with Crippen molar-refractivity contribution >= 4 is 42.9 Å². The summed E-state index contributed by atoms with van der Waals surface area (Å²) in [6.45, 7) is 20.6. The molecule has 5 aliphatic carbocycles. The van der Waals surface area contributed by atoms with Gasteiger partial charge in [-0.25, -0.2) is 0 Å². The zero-order valence-corrected chi connectivity index (χ0v) is 45.0. The van der Waals surface area contributed by atoms with Crippen LogP contribution in [0.25, 0.3) is 0 Å². The number of unbranched alkanes of at least 4 members (excludes halogenated alkanes) is 5. The Labute approximate surface area is 443 Å². The molecule has 3 aromatic carbocycles. The number of carbonyl (C=O) groups is 1. The van der Waals surface area contributed by atoms with Crippen LogP contribution in [0.15, 0.2) is 103 Å². The van der Waals surface area contributed by atoms with E-state index in [0.29, 0.717) is 17.4 Å².